The van der Waals surface area contributed by atoms with Crippen molar-refractivity contribution in [1.82, 2.24) is 0 Å². The van der Waals surface area contributed by atoms with E-state index in [0.29, 0.717) is 5.92 Å². The average molecular weight is 303 g/mol. The van der Waals surface area contributed by atoms with E-state index in [4.69, 9.17) is 17.3 Å². The van der Waals surface area contributed by atoms with Gasteiger partial charge in [-0.2, -0.15) is 0 Å². The lowest BCUT2D eigenvalue weighted by Gasteiger charge is -2.27. The van der Waals surface area contributed by atoms with Crippen LogP contribution in [0.3, 0.4) is 0 Å². The molecule has 0 aliphatic heterocycles. The van der Waals surface area contributed by atoms with Gasteiger partial charge in [0.2, 0.25) is 0 Å². The first-order valence-corrected chi connectivity index (χ1v) is 7.06. The Morgan fingerprint density at radius 3 is 2.56 bits per heavy atom. The summed E-state index contributed by atoms with van der Waals surface area (Å²) in [4.78, 5) is 0. The third-order valence-electron chi connectivity index (χ3n) is 3.49. The van der Waals surface area contributed by atoms with Crippen LogP contribution in [0.15, 0.2) is 22.7 Å². The summed E-state index contributed by atoms with van der Waals surface area (Å²) in [6, 6.07) is 6.19. The fraction of sp³-hybridized carbons (Fsp3) is 0.538. The Morgan fingerprint density at radius 2 is 1.94 bits per heavy atom. The first-order valence-electron chi connectivity index (χ1n) is 5.89. The molecule has 1 aromatic rings. The minimum Gasteiger partial charge on any atom is -0.324 e. The van der Waals surface area contributed by atoms with E-state index in [9.17, 15) is 0 Å². The first kappa shape index (κ1) is 12.4. The van der Waals surface area contributed by atoms with E-state index in [1.54, 1.807) is 0 Å². The summed E-state index contributed by atoms with van der Waals surface area (Å²) >= 11 is 9.43. The molecule has 1 atom stereocenters. The molecule has 0 bridgehead atoms. The molecule has 0 spiro atoms. The van der Waals surface area contributed by atoms with Gasteiger partial charge in [0.05, 0.1) is 5.02 Å². The molecule has 3 heteroatoms. The largest absolute Gasteiger partial charge is 0.324 e. The van der Waals surface area contributed by atoms with Crippen LogP contribution in [0.2, 0.25) is 5.02 Å². The van der Waals surface area contributed by atoms with Gasteiger partial charge in [-0.15, -0.1) is 0 Å². The standard InChI is InChI=1S/C13H17BrClN/c14-11-8-10(6-7-12(11)15)13(16)9-4-2-1-3-5-9/h6-9,13H,1-5,16H2/t13-/m1/s1. The van der Waals surface area contributed by atoms with Crippen molar-refractivity contribution in [2.45, 2.75) is 38.1 Å². The van der Waals surface area contributed by atoms with Crippen molar-refractivity contribution < 1.29 is 0 Å². The highest BCUT2D eigenvalue weighted by atomic mass is 79.9. The smallest absolute Gasteiger partial charge is 0.0548 e. The van der Waals surface area contributed by atoms with Crippen LogP contribution in [0.5, 0.6) is 0 Å². The first-order chi connectivity index (χ1) is 7.68. The molecular weight excluding hydrogens is 286 g/mol. The molecule has 1 nitrogen and oxygen atoms in total. The number of hydrogen-bond donors (Lipinski definition) is 1. The zero-order chi connectivity index (χ0) is 11.5. The third-order valence-corrected chi connectivity index (χ3v) is 4.70. The van der Waals surface area contributed by atoms with Crippen LogP contribution in [0, 0.1) is 5.92 Å². The summed E-state index contributed by atoms with van der Waals surface area (Å²) in [6.07, 6.45) is 6.55. The molecule has 1 aromatic carbocycles. The lowest BCUT2D eigenvalue weighted by Crippen LogP contribution is -2.23. The number of nitrogens with two attached hydrogens (primary N) is 1. The Labute approximate surface area is 110 Å². The number of rotatable bonds is 2. The quantitative estimate of drug-likeness (QED) is 0.843. The summed E-state index contributed by atoms with van der Waals surface area (Å²) in [7, 11) is 0. The van der Waals surface area contributed by atoms with E-state index in [1.807, 2.05) is 12.1 Å². The summed E-state index contributed by atoms with van der Waals surface area (Å²) in [6.45, 7) is 0. The highest BCUT2D eigenvalue weighted by molar-refractivity contribution is 9.10. The van der Waals surface area contributed by atoms with Crippen molar-refractivity contribution in [3.05, 3.63) is 33.3 Å². The van der Waals surface area contributed by atoms with E-state index in [2.05, 4.69) is 22.0 Å². The maximum Gasteiger partial charge on any atom is 0.0548 e. The van der Waals surface area contributed by atoms with E-state index in [0.717, 1.165) is 9.50 Å². The Kier molecular flexibility index (Phi) is 4.28. The lowest BCUT2D eigenvalue weighted by molar-refractivity contribution is 0.308. The molecule has 0 aromatic heterocycles. The van der Waals surface area contributed by atoms with Crippen LogP contribution in [0.25, 0.3) is 0 Å². The summed E-state index contributed by atoms with van der Waals surface area (Å²) < 4.78 is 0.943. The van der Waals surface area contributed by atoms with Gasteiger partial charge in [0.1, 0.15) is 0 Å². The normalized spacial score (nSPS) is 19.7. The number of halogens is 2. The SMILES string of the molecule is N[C@@H](c1ccc(Cl)c(Br)c1)C1CCCCC1. The van der Waals surface area contributed by atoms with Crippen molar-refractivity contribution in [3.63, 3.8) is 0 Å². The van der Waals surface area contributed by atoms with Gasteiger partial charge in [0.25, 0.3) is 0 Å². The minimum atomic E-state index is 0.161. The van der Waals surface area contributed by atoms with Crippen LogP contribution in [-0.4, -0.2) is 0 Å². The van der Waals surface area contributed by atoms with Crippen molar-refractivity contribution in [1.29, 1.82) is 0 Å². The maximum absolute atomic E-state index is 6.32. The molecule has 0 unspecified atom stereocenters. The van der Waals surface area contributed by atoms with E-state index < -0.39 is 0 Å². The van der Waals surface area contributed by atoms with Gasteiger partial charge in [-0.25, -0.2) is 0 Å². The van der Waals surface area contributed by atoms with Gasteiger partial charge in [-0.05, 0) is 52.4 Å². The van der Waals surface area contributed by atoms with Crippen LogP contribution in [0.1, 0.15) is 43.7 Å². The van der Waals surface area contributed by atoms with Crippen molar-refractivity contribution >= 4 is 27.5 Å². The van der Waals surface area contributed by atoms with Crippen LogP contribution >= 0.6 is 27.5 Å². The fourth-order valence-electron chi connectivity index (χ4n) is 2.49. The molecule has 16 heavy (non-hydrogen) atoms. The Morgan fingerprint density at radius 1 is 1.25 bits per heavy atom. The van der Waals surface area contributed by atoms with Gasteiger partial charge in [0, 0.05) is 10.5 Å². The molecule has 0 heterocycles. The van der Waals surface area contributed by atoms with Gasteiger partial charge >= 0.3 is 0 Å². The summed E-state index contributed by atoms with van der Waals surface area (Å²) in [5.74, 6) is 0.641. The lowest BCUT2D eigenvalue weighted by atomic mass is 9.81. The molecule has 1 saturated carbocycles. The maximum atomic E-state index is 6.32. The Bertz CT molecular complexity index is 361. The predicted molar refractivity (Wildman–Crippen MR) is 72.7 cm³/mol. The minimum absolute atomic E-state index is 0.161. The monoisotopic (exact) mass is 301 g/mol. The van der Waals surface area contributed by atoms with E-state index in [1.165, 1.54) is 37.7 Å². The molecule has 1 fully saturated rings. The highest BCUT2D eigenvalue weighted by Crippen LogP contribution is 2.34. The summed E-state index contributed by atoms with van der Waals surface area (Å²) in [5, 5.41) is 0.750. The molecule has 2 N–H and O–H groups in total. The third kappa shape index (κ3) is 2.79. The van der Waals surface area contributed by atoms with Gasteiger partial charge in [-0.3, -0.25) is 0 Å². The van der Waals surface area contributed by atoms with Gasteiger partial charge in [0.15, 0.2) is 0 Å². The predicted octanol–water partition coefficient (Wildman–Crippen LogP) is 4.68. The summed E-state index contributed by atoms with van der Waals surface area (Å²) in [5.41, 5.74) is 7.52. The molecule has 88 valence electrons. The van der Waals surface area contributed by atoms with Crippen LogP contribution in [-0.2, 0) is 0 Å². The van der Waals surface area contributed by atoms with Gasteiger partial charge < -0.3 is 5.73 Å². The number of hydrogen-bond acceptors (Lipinski definition) is 1. The molecular formula is C13H17BrClN. The van der Waals surface area contributed by atoms with Crippen molar-refractivity contribution in [2.24, 2.45) is 11.7 Å². The topological polar surface area (TPSA) is 26.0 Å². The van der Waals surface area contributed by atoms with Crippen LogP contribution in [0.4, 0.5) is 0 Å². The van der Waals surface area contributed by atoms with E-state index >= 15 is 0 Å². The number of benzene rings is 1. The molecule has 1 aliphatic carbocycles. The second-order valence-corrected chi connectivity index (χ2v) is 5.86. The molecule has 2 rings (SSSR count). The van der Waals surface area contributed by atoms with Crippen molar-refractivity contribution in [3.8, 4) is 0 Å². The molecule has 0 amide bonds. The molecule has 0 saturated heterocycles. The Balaban J connectivity index is 2.12. The average Bonchev–Trinajstić information content (AvgIpc) is 2.33. The zero-order valence-corrected chi connectivity index (χ0v) is 11.6. The van der Waals surface area contributed by atoms with Crippen LogP contribution < -0.4 is 5.73 Å². The molecule has 0 radical (unpaired) electrons. The van der Waals surface area contributed by atoms with Crippen molar-refractivity contribution in [2.75, 3.05) is 0 Å². The van der Waals surface area contributed by atoms with E-state index in [-0.39, 0.29) is 6.04 Å². The Hall–Kier alpha value is -0.0500. The zero-order valence-electron chi connectivity index (χ0n) is 9.26. The molecule has 1 aliphatic rings. The fourth-order valence-corrected chi connectivity index (χ4v) is 3.00. The highest BCUT2D eigenvalue weighted by Gasteiger charge is 2.22. The van der Waals surface area contributed by atoms with Gasteiger partial charge in [-0.1, -0.05) is 36.9 Å². The second kappa shape index (κ2) is 5.52. The second-order valence-electron chi connectivity index (χ2n) is 4.60.